The number of nitrogens with zero attached hydrogens (tertiary/aromatic N) is 2. The summed E-state index contributed by atoms with van der Waals surface area (Å²) in [6, 6.07) is 10.7. The van der Waals surface area contributed by atoms with Crippen molar-refractivity contribution in [1.82, 2.24) is 10.0 Å². The van der Waals surface area contributed by atoms with Crippen LogP contribution in [0.4, 0.5) is 0 Å². The van der Waals surface area contributed by atoms with Gasteiger partial charge in [-0.1, -0.05) is 30.3 Å². The minimum absolute atomic E-state index is 0.177. The van der Waals surface area contributed by atoms with E-state index >= 15 is 0 Å². The van der Waals surface area contributed by atoms with Gasteiger partial charge in [0.15, 0.2) is 0 Å². The van der Waals surface area contributed by atoms with Crippen LogP contribution in [0.25, 0.3) is 0 Å². The van der Waals surface area contributed by atoms with Crippen molar-refractivity contribution in [2.45, 2.75) is 18.9 Å². The molecule has 1 saturated heterocycles. The Kier molecular flexibility index (Phi) is 2.33. The summed E-state index contributed by atoms with van der Waals surface area (Å²) >= 11 is 0. The van der Waals surface area contributed by atoms with Crippen LogP contribution in [0.2, 0.25) is 0 Å². The summed E-state index contributed by atoms with van der Waals surface area (Å²) in [5.41, 5.74) is 1.59. The van der Waals surface area contributed by atoms with Crippen molar-refractivity contribution in [3.63, 3.8) is 0 Å². The molecular formula is C12H18N2. The third-order valence-electron chi connectivity index (χ3n) is 3.54. The summed E-state index contributed by atoms with van der Waals surface area (Å²) in [5.74, 6) is 0. The van der Waals surface area contributed by atoms with E-state index in [1.54, 1.807) is 0 Å². The van der Waals surface area contributed by atoms with Crippen LogP contribution in [0.15, 0.2) is 30.3 Å². The molecule has 14 heavy (non-hydrogen) atoms. The van der Waals surface area contributed by atoms with Gasteiger partial charge in [-0.3, -0.25) is 0 Å². The summed E-state index contributed by atoms with van der Waals surface area (Å²) in [5, 5.41) is 4.62. The highest BCUT2D eigenvalue weighted by molar-refractivity contribution is 5.24. The van der Waals surface area contributed by atoms with Crippen LogP contribution in [0.1, 0.15) is 18.9 Å². The zero-order valence-corrected chi connectivity index (χ0v) is 9.20. The fourth-order valence-electron chi connectivity index (χ4n) is 2.20. The van der Waals surface area contributed by atoms with Gasteiger partial charge in [-0.15, -0.1) is 0 Å². The molecule has 2 heteroatoms. The van der Waals surface area contributed by atoms with Crippen molar-refractivity contribution in [2.24, 2.45) is 0 Å². The maximum Gasteiger partial charge on any atom is 0.0586 e. The van der Waals surface area contributed by atoms with Crippen LogP contribution in [0.5, 0.6) is 0 Å². The Balaban J connectivity index is 2.34. The molecule has 0 saturated carbocycles. The summed E-state index contributed by atoms with van der Waals surface area (Å²) in [4.78, 5) is 0. The predicted molar refractivity (Wildman–Crippen MR) is 58.8 cm³/mol. The molecule has 1 atom stereocenters. The lowest BCUT2D eigenvalue weighted by atomic mass is 9.90. The topological polar surface area (TPSA) is 6.48 Å². The standard InChI is InChI=1S/C12H18N2/c1-12(9-10-13(2)14(12)3)11-7-5-4-6-8-11/h4-8H,9-10H2,1-3H3. The molecule has 0 spiro atoms. The number of hydrazine groups is 1. The number of rotatable bonds is 1. The molecule has 2 nitrogen and oxygen atoms in total. The van der Waals surface area contributed by atoms with Gasteiger partial charge in [-0.25, -0.2) is 10.0 Å². The highest BCUT2D eigenvalue weighted by Crippen LogP contribution is 2.36. The van der Waals surface area contributed by atoms with E-state index in [4.69, 9.17) is 0 Å². The summed E-state index contributed by atoms with van der Waals surface area (Å²) in [6.07, 6.45) is 1.20. The first kappa shape index (κ1) is 9.69. The second-order valence-electron chi connectivity index (χ2n) is 4.29. The van der Waals surface area contributed by atoms with E-state index < -0.39 is 0 Å². The molecular weight excluding hydrogens is 172 g/mol. The molecule has 76 valence electrons. The molecule has 0 bridgehead atoms. The normalized spacial score (nSPS) is 29.6. The van der Waals surface area contributed by atoms with E-state index in [0.29, 0.717) is 0 Å². The number of hydrogen-bond acceptors (Lipinski definition) is 2. The Bertz CT molecular complexity index is 309. The molecule has 0 aliphatic carbocycles. The molecule has 1 heterocycles. The molecule has 2 rings (SSSR count). The molecule has 0 radical (unpaired) electrons. The molecule has 0 aromatic heterocycles. The summed E-state index contributed by atoms with van der Waals surface area (Å²) < 4.78 is 0. The van der Waals surface area contributed by atoms with Crippen LogP contribution in [0.3, 0.4) is 0 Å². The third kappa shape index (κ3) is 1.35. The van der Waals surface area contributed by atoms with Crippen molar-refractivity contribution in [3.05, 3.63) is 35.9 Å². The van der Waals surface area contributed by atoms with Crippen LogP contribution in [-0.2, 0) is 5.54 Å². The average Bonchev–Trinajstić information content (AvgIpc) is 2.49. The van der Waals surface area contributed by atoms with Gasteiger partial charge in [-0.2, -0.15) is 0 Å². The van der Waals surface area contributed by atoms with Gasteiger partial charge >= 0.3 is 0 Å². The Morgan fingerprint density at radius 2 is 1.79 bits per heavy atom. The second-order valence-corrected chi connectivity index (χ2v) is 4.29. The van der Waals surface area contributed by atoms with E-state index in [9.17, 15) is 0 Å². The van der Waals surface area contributed by atoms with Gasteiger partial charge < -0.3 is 0 Å². The summed E-state index contributed by atoms with van der Waals surface area (Å²) in [7, 11) is 4.31. The second kappa shape index (κ2) is 3.37. The Hall–Kier alpha value is -0.860. The zero-order chi connectivity index (χ0) is 10.2. The van der Waals surface area contributed by atoms with Crippen LogP contribution >= 0.6 is 0 Å². The molecule has 1 fully saturated rings. The minimum Gasteiger partial charge on any atom is -0.244 e. The van der Waals surface area contributed by atoms with Crippen molar-refractivity contribution >= 4 is 0 Å². The van der Waals surface area contributed by atoms with Crippen LogP contribution in [-0.4, -0.2) is 30.7 Å². The van der Waals surface area contributed by atoms with Crippen molar-refractivity contribution in [2.75, 3.05) is 20.6 Å². The molecule has 1 aliphatic rings. The summed E-state index contributed by atoms with van der Waals surface area (Å²) in [6.45, 7) is 3.45. The van der Waals surface area contributed by atoms with E-state index in [1.165, 1.54) is 12.0 Å². The first-order chi connectivity index (χ1) is 6.64. The van der Waals surface area contributed by atoms with Gasteiger partial charge in [0.05, 0.1) is 5.54 Å². The Labute approximate surface area is 86.1 Å². The fraction of sp³-hybridized carbons (Fsp3) is 0.500. The molecule has 1 unspecified atom stereocenters. The lowest BCUT2D eigenvalue weighted by Gasteiger charge is -2.35. The van der Waals surface area contributed by atoms with Crippen molar-refractivity contribution < 1.29 is 0 Å². The van der Waals surface area contributed by atoms with Crippen molar-refractivity contribution in [3.8, 4) is 0 Å². The molecule has 0 N–H and O–H groups in total. The predicted octanol–water partition coefficient (Wildman–Crippen LogP) is 2.08. The van der Waals surface area contributed by atoms with E-state index in [2.05, 4.69) is 61.4 Å². The van der Waals surface area contributed by atoms with E-state index in [1.807, 2.05) is 0 Å². The van der Waals surface area contributed by atoms with Crippen molar-refractivity contribution in [1.29, 1.82) is 0 Å². The highest BCUT2D eigenvalue weighted by atomic mass is 15.6. The maximum atomic E-state index is 2.34. The monoisotopic (exact) mass is 190 g/mol. The quantitative estimate of drug-likeness (QED) is 0.669. The first-order valence-electron chi connectivity index (χ1n) is 5.15. The Morgan fingerprint density at radius 1 is 1.14 bits per heavy atom. The van der Waals surface area contributed by atoms with Gasteiger partial charge in [0.25, 0.3) is 0 Å². The molecule has 1 aliphatic heterocycles. The Morgan fingerprint density at radius 3 is 2.29 bits per heavy atom. The SMILES string of the molecule is CN1CCC(C)(c2ccccc2)N1C. The van der Waals surface area contributed by atoms with E-state index in [0.717, 1.165) is 6.54 Å². The number of benzene rings is 1. The molecule has 1 aromatic carbocycles. The largest absolute Gasteiger partial charge is 0.244 e. The highest BCUT2D eigenvalue weighted by Gasteiger charge is 2.38. The van der Waals surface area contributed by atoms with Gasteiger partial charge in [0.2, 0.25) is 0 Å². The van der Waals surface area contributed by atoms with E-state index in [-0.39, 0.29) is 5.54 Å². The van der Waals surface area contributed by atoms with Crippen LogP contribution in [0, 0.1) is 0 Å². The van der Waals surface area contributed by atoms with Gasteiger partial charge in [0, 0.05) is 20.6 Å². The lowest BCUT2D eigenvalue weighted by molar-refractivity contribution is 0.00358. The smallest absolute Gasteiger partial charge is 0.0586 e. The number of hydrogen-bond donors (Lipinski definition) is 0. The maximum absolute atomic E-state index is 2.34. The molecule has 0 amide bonds. The van der Waals surface area contributed by atoms with Gasteiger partial charge in [0.1, 0.15) is 0 Å². The average molecular weight is 190 g/mol. The van der Waals surface area contributed by atoms with Gasteiger partial charge in [-0.05, 0) is 18.9 Å². The fourth-order valence-corrected chi connectivity index (χ4v) is 2.20. The third-order valence-corrected chi connectivity index (χ3v) is 3.54. The molecule has 1 aromatic rings. The minimum atomic E-state index is 0.177. The van der Waals surface area contributed by atoms with Crippen LogP contribution < -0.4 is 0 Å². The lowest BCUT2D eigenvalue weighted by Crippen LogP contribution is -2.41. The zero-order valence-electron chi connectivity index (χ0n) is 9.20. The first-order valence-corrected chi connectivity index (χ1v) is 5.15.